The van der Waals surface area contributed by atoms with Gasteiger partial charge in [0.2, 0.25) is 11.8 Å². The number of hydrogen-bond acceptors (Lipinski definition) is 4. The molecule has 0 N–H and O–H groups in total. The van der Waals surface area contributed by atoms with Crippen molar-refractivity contribution in [2.75, 3.05) is 13.6 Å². The van der Waals surface area contributed by atoms with Crippen LogP contribution in [-0.4, -0.2) is 57.3 Å². The van der Waals surface area contributed by atoms with Crippen molar-refractivity contribution in [1.29, 1.82) is 0 Å². The molecule has 3 heterocycles. The van der Waals surface area contributed by atoms with Gasteiger partial charge in [-0.25, -0.2) is 0 Å². The second kappa shape index (κ2) is 10.9. The number of rotatable bonds is 10. The van der Waals surface area contributed by atoms with Gasteiger partial charge in [-0.2, -0.15) is 0 Å². The molecule has 0 spiro atoms. The smallest absolute Gasteiger partial charge is 0.245 e. The third-order valence-electron chi connectivity index (χ3n) is 6.07. The van der Waals surface area contributed by atoms with Crippen molar-refractivity contribution in [1.82, 2.24) is 19.8 Å². The van der Waals surface area contributed by atoms with E-state index in [1.165, 1.54) is 18.1 Å². The minimum atomic E-state index is -0.318. The number of aryl methyl sites for hydroxylation is 2. The van der Waals surface area contributed by atoms with Crippen molar-refractivity contribution >= 4 is 11.8 Å². The topological polar surface area (TPSA) is 66.4 Å². The number of carbonyl (C=O) groups is 2. The molecule has 1 saturated heterocycles. The van der Waals surface area contributed by atoms with Crippen molar-refractivity contribution in [3.63, 3.8) is 0 Å². The van der Waals surface area contributed by atoms with Crippen LogP contribution >= 0.6 is 0 Å². The summed E-state index contributed by atoms with van der Waals surface area (Å²) >= 11 is 0. The lowest BCUT2D eigenvalue weighted by Crippen LogP contribution is -2.45. The SMILES string of the molecule is CC(=O)N(C)[C@H]1CCN(C(CCCc2cccnc2)CCCc2cccnc2)C1=O. The molecule has 0 aliphatic carbocycles. The van der Waals surface area contributed by atoms with Gasteiger partial charge in [0.25, 0.3) is 0 Å². The van der Waals surface area contributed by atoms with Crippen LogP contribution in [-0.2, 0) is 22.4 Å². The molecule has 2 aromatic rings. The number of aromatic nitrogens is 2. The molecule has 160 valence electrons. The fraction of sp³-hybridized carbons (Fsp3) is 0.500. The van der Waals surface area contributed by atoms with Gasteiger partial charge >= 0.3 is 0 Å². The highest BCUT2D eigenvalue weighted by Gasteiger charge is 2.38. The van der Waals surface area contributed by atoms with Crippen LogP contribution in [0.1, 0.15) is 50.2 Å². The molecule has 2 amide bonds. The zero-order chi connectivity index (χ0) is 21.3. The number of carbonyl (C=O) groups excluding carboxylic acids is 2. The van der Waals surface area contributed by atoms with Crippen LogP contribution in [0.2, 0.25) is 0 Å². The Morgan fingerprint density at radius 2 is 1.67 bits per heavy atom. The average molecular weight is 409 g/mol. The van der Waals surface area contributed by atoms with Gasteiger partial charge in [-0.05, 0) is 68.2 Å². The lowest BCUT2D eigenvalue weighted by atomic mass is 9.99. The molecule has 6 heteroatoms. The van der Waals surface area contributed by atoms with Crippen LogP contribution in [0.15, 0.2) is 49.1 Å². The predicted molar refractivity (Wildman–Crippen MR) is 117 cm³/mol. The predicted octanol–water partition coefficient (Wildman–Crippen LogP) is 3.27. The molecular weight excluding hydrogens is 376 g/mol. The summed E-state index contributed by atoms with van der Waals surface area (Å²) < 4.78 is 0. The second-order valence-corrected chi connectivity index (χ2v) is 8.13. The molecule has 0 unspecified atom stereocenters. The van der Waals surface area contributed by atoms with Gasteiger partial charge in [0, 0.05) is 51.3 Å². The normalized spacial score (nSPS) is 16.3. The second-order valence-electron chi connectivity index (χ2n) is 8.13. The van der Waals surface area contributed by atoms with Gasteiger partial charge in [-0.15, -0.1) is 0 Å². The quantitative estimate of drug-likeness (QED) is 0.605. The summed E-state index contributed by atoms with van der Waals surface area (Å²) in [6.45, 7) is 2.25. The minimum Gasteiger partial charge on any atom is -0.338 e. The molecule has 6 nitrogen and oxygen atoms in total. The molecule has 30 heavy (non-hydrogen) atoms. The van der Waals surface area contributed by atoms with Gasteiger partial charge in [0.1, 0.15) is 6.04 Å². The Bertz CT molecular complexity index is 767. The van der Waals surface area contributed by atoms with E-state index in [0.29, 0.717) is 0 Å². The number of nitrogens with zero attached hydrogens (tertiary/aromatic N) is 4. The number of hydrogen-bond donors (Lipinski definition) is 0. The number of pyridine rings is 2. The Balaban J connectivity index is 1.60. The molecule has 1 aliphatic heterocycles. The van der Waals surface area contributed by atoms with Crippen LogP contribution in [0, 0.1) is 0 Å². The molecular formula is C24H32N4O2. The van der Waals surface area contributed by atoms with Crippen LogP contribution < -0.4 is 0 Å². The van der Waals surface area contributed by atoms with Gasteiger partial charge in [0.05, 0.1) is 0 Å². The van der Waals surface area contributed by atoms with E-state index in [0.717, 1.165) is 51.5 Å². The summed E-state index contributed by atoms with van der Waals surface area (Å²) in [5.74, 6) is 0.0420. The minimum absolute atomic E-state index is 0.0556. The summed E-state index contributed by atoms with van der Waals surface area (Å²) in [6, 6.07) is 8.02. The standard InChI is InChI=1S/C24H32N4O2/c1-19(29)27(2)23-13-16-28(24(23)30)22(11-3-7-20-9-5-14-25-17-20)12-4-8-21-10-6-15-26-18-21/h5-6,9-10,14-15,17-18,22-23H,3-4,7-8,11-13,16H2,1-2H3/t23-/m0/s1. The van der Waals surface area contributed by atoms with Crippen molar-refractivity contribution in [3.8, 4) is 0 Å². The molecule has 0 bridgehead atoms. The van der Waals surface area contributed by atoms with Crippen molar-refractivity contribution in [2.45, 2.75) is 64.0 Å². The highest BCUT2D eigenvalue weighted by molar-refractivity contribution is 5.88. The number of likely N-dealkylation sites (N-methyl/N-ethyl adjacent to an activating group) is 1. The molecule has 0 saturated carbocycles. The van der Waals surface area contributed by atoms with E-state index in [1.807, 2.05) is 29.4 Å². The average Bonchev–Trinajstić information content (AvgIpc) is 3.14. The third kappa shape index (κ3) is 5.88. The summed E-state index contributed by atoms with van der Waals surface area (Å²) in [4.78, 5) is 36.8. The Labute approximate surface area is 179 Å². The van der Waals surface area contributed by atoms with Crippen molar-refractivity contribution in [3.05, 3.63) is 60.2 Å². The number of likely N-dealkylation sites (tertiary alicyclic amines) is 1. The van der Waals surface area contributed by atoms with E-state index in [-0.39, 0.29) is 23.9 Å². The Hall–Kier alpha value is -2.76. The summed E-state index contributed by atoms with van der Waals surface area (Å²) in [5, 5.41) is 0. The highest BCUT2D eigenvalue weighted by Crippen LogP contribution is 2.25. The maximum absolute atomic E-state index is 13.1. The molecule has 1 atom stereocenters. The molecule has 3 rings (SSSR count). The monoisotopic (exact) mass is 408 g/mol. The molecule has 0 aromatic carbocycles. The van der Waals surface area contributed by atoms with Gasteiger partial charge in [-0.3, -0.25) is 19.6 Å². The van der Waals surface area contributed by atoms with Crippen LogP contribution in [0.3, 0.4) is 0 Å². The summed E-state index contributed by atoms with van der Waals surface area (Å²) in [6.07, 6.45) is 14.0. The summed E-state index contributed by atoms with van der Waals surface area (Å²) in [5.41, 5.74) is 2.46. The third-order valence-corrected chi connectivity index (χ3v) is 6.07. The maximum atomic E-state index is 13.1. The van der Waals surface area contributed by atoms with E-state index in [2.05, 4.69) is 22.1 Å². The van der Waals surface area contributed by atoms with E-state index in [4.69, 9.17) is 0 Å². The Kier molecular flexibility index (Phi) is 7.94. The van der Waals surface area contributed by atoms with E-state index < -0.39 is 0 Å². The van der Waals surface area contributed by atoms with Gasteiger partial charge in [-0.1, -0.05) is 12.1 Å². The molecule has 2 aromatic heterocycles. The van der Waals surface area contributed by atoms with Crippen LogP contribution in [0.4, 0.5) is 0 Å². The van der Waals surface area contributed by atoms with E-state index in [9.17, 15) is 9.59 Å². The molecule has 1 fully saturated rings. The Morgan fingerprint density at radius 3 is 2.13 bits per heavy atom. The first-order valence-corrected chi connectivity index (χ1v) is 10.9. The number of amides is 2. The zero-order valence-corrected chi connectivity index (χ0v) is 18.0. The molecule has 0 radical (unpaired) electrons. The first kappa shape index (κ1) is 21.9. The summed E-state index contributed by atoms with van der Waals surface area (Å²) in [7, 11) is 1.73. The van der Waals surface area contributed by atoms with Gasteiger partial charge in [0.15, 0.2) is 0 Å². The molecule has 1 aliphatic rings. The van der Waals surface area contributed by atoms with Crippen molar-refractivity contribution in [2.24, 2.45) is 0 Å². The zero-order valence-electron chi connectivity index (χ0n) is 18.0. The maximum Gasteiger partial charge on any atom is 0.245 e. The lowest BCUT2D eigenvalue weighted by Gasteiger charge is -2.30. The van der Waals surface area contributed by atoms with E-state index in [1.54, 1.807) is 24.3 Å². The fourth-order valence-electron chi connectivity index (χ4n) is 4.26. The first-order chi connectivity index (χ1) is 14.6. The first-order valence-electron chi connectivity index (χ1n) is 10.9. The highest BCUT2D eigenvalue weighted by atomic mass is 16.2. The fourth-order valence-corrected chi connectivity index (χ4v) is 4.26. The van der Waals surface area contributed by atoms with E-state index >= 15 is 0 Å². The largest absolute Gasteiger partial charge is 0.338 e. The van der Waals surface area contributed by atoms with Gasteiger partial charge < -0.3 is 9.80 Å². The lowest BCUT2D eigenvalue weighted by molar-refractivity contribution is -0.140. The van der Waals surface area contributed by atoms with Crippen LogP contribution in [0.5, 0.6) is 0 Å². The van der Waals surface area contributed by atoms with Crippen molar-refractivity contribution < 1.29 is 9.59 Å². The Morgan fingerprint density at radius 1 is 1.10 bits per heavy atom. The van der Waals surface area contributed by atoms with Crippen LogP contribution in [0.25, 0.3) is 0 Å².